The number of methoxy groups -OCH3 is 2. The highest BCUT2D eigenvalue weighted by Crippen LogP contribution is 2.26. The second-order valence-corrected chi connectivity index (χ2v) is 6.51. The van der Waals surface area contributed by atoms with Gasteiger partial charge in [0.15, 0.2) is 23.2 Å². The summed E-state index contributed by atoms with van der Waals surface area (Å²) >= 11 is 8.28. The zero-order chi connectivity index (χ0) is 20.5. The fourth-order valence-electron chi connectivity index (χ4n) is 2.07. The highest BCUT2D eigenvalue weighted by atomic mass is 79.9. The Labute approximate surface area is 175 Å². The van der Waals surface area contributed by atoms with Crippen molar-refractivity contribution < 1.29 is 23.8 Å². The lowest BCUT2D eigenvalue weighted by Crippen LogP contribution is -2.49. The van der Waals surface area contributed by atoms with Crippen molar-refractivity contribution in [2.24, 2.45) is 0 Å². The summed E-state index contributed by atoms with van der Waals surface area (Å²) in [7, 11) is 3.03. The summed E-state index contributed by atoms with van der Waals surface area (Å²) in [5, 5.41) is 2.32. The van der Waals surface area contributed by atoms with E-state index in [1.165, 1.54) is 14.2 Å². The van der Waals surface area contributed by atoms with E-state index >= 15 is 0 Å². The lowest BCUT2D eigenvalue weighted by atomic mass is 10.2. The predicted molar refractivity (Wildman–Crippen MR) is 111 cm³/mol. The van der Waals surface area contributed by atoms with Gasteiger partial charge in [-0.25, -0.2) is 0 Å². The molecule has 0 fully saturated rings. The molecule has 0 saturated carbocycles. The van der Waals surface area contributed by atoms with Gasteiger partial charge in [0.05, 0.1) is 18.7 Å². The first-order valence-corrected chi connectivity index (χ1v) is 9.14. The first-order chi connectivity index (χ1) is 13.4. The van der Waals surface area contributed by atoms with Crippen LogP contribution in [-0.2, 0) is 4.79 Å². The molecule has 2 amide bonds. The van der Waals surface area contributed by atoms with Gasteiger partial charge in [-0.3, -0.25) is 25.8 Å². The van der Waals surface area contributed by atoms with Crippen LogP contribution in [0.4, 0.5) is 0 Å². The highest BCUT2D eigenvalue weighted by Gasteiger charge is 2.11. The van der Waals surface area contributed by atoms with Crippen LogP contribution in [-0.4, -0.2) is 37.8 Å². The fourth-order valence-corrected chi connectivity index (χ4v) is 2.77. The summed E-state index contributed by atoms with van der Waals surface area (Å²) in [5.74, 6) is 0.601. The number of halogens is 1. The lowest BCUT2D eigenvalue weighted by molar-refractivity contribution is -0.121. The van der Waals surface area contributed by atoms with Crippen LogP contribution in [0.25, 0.3) is 0 Å². The molecule has 0 aliphatic rings. The minimum atomic E-state index is -0.496. The Morgan fingerprint density at radius 1 is 1.00 bits per heavy atom. The number of amides is 2. The molecule has 148 valence electrons. The van der Waals surface area contributed by atoms with Gasteiger partial charge in [-0.1, -0.05) is 12.1 Å². The second kappa shape index (κ2) is 10.5. The van der Waals surface area contributed by atoms with Crippen LogP contribution in [0.3, 0.4) is 0 Å². The van der Waals surface area contributed by atoms with Crippen molar-refractivity contribution in [1.82, 2.24) is 16.2 Å². The summed E-state index contributed by atoms with van der Waals surface area (Å²) < 4.78 is 16.3. The zero-order valence-corrected chi connectivity index (χ0v) is 17.5. The molecule has 0 aromatic heterocycles. The number of ether oxygens (including phenoxy) is 3. The largest absolute Gasteiger partial charge is 0.496 e. The summed E-state index contributed by atoms with van der Waals surface area (Å²) in [6.07, 6.45) is 0. The van der Waals surface area contributed by atoms with Gasteiger partial charge in [0.25, 0.3) is 11.8 Å². The molecule has 3 N–H and O–H groups in total. The zero-order valence-electron chi connectivity index (χ0n) is 15.1. The number of hydrazine groups is 1. The van der Waals surface area contributed by atoms with Crippen LogP contribution in [0.15, 0.2) is 46.9 Å². The number of rotatable bonds is 6. The summed E-state index contributed by atoms with van der Waals surface area (Å²) in [6, 6.07) is 11.8. The molecule has 0 aliphatic carbocycles. The maximum Gasteiger partial charge on any atom is 0.269 e. The molecule has 0 saturated heterocycles. The van der Waals surface area contributed by atoms with Crippen LogP contribution in [0.1, 0.15) is 10.4 Å². The van der Waals surface area contributed by atoms with E-state index in [-0.39, 0.29) is 11.7 Å². The lowest BCUT2D eigenvalue weighted by Gasteiger charge is -2.13. The van der Waals surface area contributed by atoms with Gasteiger partial charge in [-0.2, -0.15) is 0 Å². The molecule has 2 aromatic carbocycles. The third-order valence-electron chi connectivity index (χ3n) is 3.38. The molecule has 2 aromatic rings. The van der Waals surface area contributed by atoms with Crippen LogP contribution in [0.2, 0.25) is 0 Å². The Morgan fingerprint density at radius 3 is 2.32 bits per heavy atom. The standard InChI is InChI=1S/C18H18BrN3O5S/c1-25-13-8-7-11(9-12(13)19)17(24)21-22-18(28)20-16(23)10-27-15-6-4-3-5-14(15)26-2/h3-9H,10H2,1-2H3,(H,21,24)(H2,20,22,23,28). The summed E-state index contributed by atoms with van der Waals surface area (Å²) in [5.41, 5.74) is 5.22. The van der Waals surface area contributed by atoms with Gasteiger partial charge in [-0.15, -0.1) is 0 Å². The van der Waals surface area contributed by atoms with Gasteiger partial charge >= 0.3 is 0 Å². The van der Waals surface area contributed by atoms with Gasteiger partial charge in [0.2, 0.25) is 0 Å². The average Bonchev–Trinajstić information content (AvgIpc) is 2.70. The first-order valence-electron chi connectivity index (χ1n) is 7.94. The van der Waals surface area contributed by atoms with Crippen molar-refractivity contribution >= 4 is 45.1 Å². The van der Waals surface area contributed by atoms with E-state index in [1.807, 2.05) is 0 Å². The van der Waals surface area contributed by atoms with Crippen molar-refractivity contribution in [2.75, 3.05) is 20.8 Å². The number of hydrogen-bond acceptors (Lipinski definition) is 6. The molecule has 0 radical (unpaired) electrons. The molecule has 8 nitrogen and oxygen atoms in total. The van der Waals surface area contributed by atoms with Crippen LogP contribution in [0, 0.1) is 0 Å². The minimum Gasteiger partial charge on any atom is -0.496 e. The molecule has 28 heavy (non-hydrogen) atoms. The fraction of sp³-hybridized carbons (Fsp3) is 0.167. The van der Waals surface area contributed by atoms with Crippen molar-refractivity contribution in [2.45, 2.75) is 0 Å². The number of carbonyl (C=O) groups excluding carboxylic acids is 2. The van der Waals surface area contributed by atoms with E-state index in [9.17, 15) is 9.59 Å². The van der Waals surface area contributed by atoms with Crippen molar-refractivity contribution in [1.29, 1.82) is 0 Å². The monoisotopic (exact) mass is 467 g/mol. The SMILES string of the molecule is COc1ccc(C(=O)NNC(=S)NC(=O)COc2ccccc2OC)cc1Br. The van der Waals surface area contributed by atoms with E-state index in [4.69, 9.17) is 26.4 Å². The Balaban J connectivity index is 1.79. The second-order valence-electron chi connectivity index (χ2n) is 5.25. The molecule has 2 rings (SSSR count). The molecule has 0 unspecified atom stereocenters. The Kier molecular flexibility index (Phi) is 8.02. The average molecular weight is 468 g/mol. The molecule has 0 spiro atoms. The van der Waals surface area contributed by atoms with Crippen LogP contribution < -0.4 is 30.4 Å². The van der Waals surface area contributed by atoms with Gasteiger partial charge in [-0.05, 0) is 58.5 Å². The van der Waals surface area contributed by atoms with E-state index in [2.05, 4.69) is 32.1 Å². The quantitative estimate of drug-likeness (QED) is 0.442. The molecule has 0 bridgehead atoms. The maximum absolute atomic E-state index is 12.1. The minimum absolute atomic E-state index is 0.0745. The van der Waals surface area contributed by atoms with E-state index < -0.39 is 11.8 Å². The summed E-state index contributed by atoms with van der Waals surface area (Å²) in [6.45, 7) is -0.276. The predicted octanol–water partition coefficient (Wildman–Crippen LogP) is 2.18. The van der Waals surface area contributed by atoms with Crippen molar-refractivity contribution in [3.8, 4) is 17.2 Å². The normalized spacial score (nSPS) is 9.82. The Morgan fingerprint density at radius 2 is 1.68 bits per heavy atom. The van der Waals surface area contributed by atoms with Crippen LogP contribution >= 0.6 is 28.1 Å². The Hall–Kier alpha value is -2.85. The highest BCUT2D eigenvalue weighted by molar-refractivity contribution is 9.10. The van der Waals surface area contributed by atoms with E-state index in [0.717, 1.165) is 0 Å². The van der Waals surface area contributed by atoms with Crippen LogP contribution in [0.5, 0.6) is 17.2 Å². The third-order valence-corrected chi connectivity index (χ3v) is 4.21. The number of hydrogen-bond donors (Lipinski definition) is 3. The van der Waals surface area contributed by atoms with Crippen molar-refractivity contribution in [3.63, 3.8) is 0 Å². The topological polar surface area (TPSA) is 97.9 Å². The maximum atomic E-state index is 12.1. The number of thiocarbonyl (C=S) groups is 1. The van der Waals surface area contributed by atoms with E-state index in [0.29, 0.717) is 27.3 Å². The summed E-state index contributed by atoms with van der Waals surface area (Å²) in [4.78, 5) is 24.0. The van der Waals surface area contributed by atoms with Gasteiger partial charge < -0.3 is 14.2 Å². The molecular formula is C18H18BrN3O5S. The third kappa shape index (κ3) is 6.10. The van der Waals surface area contributed by atoms with Gasteiger partial charge in [0.1, 0.15) is 5.75 Å². The Bertz CT molecular complexity index is 878. The molecule has 0 heterocycles. The van der Waals surface area contributed by atoms with Crippen molar-refractivity contribution in [3.05, 3.63) is 52.5 Å². The molecule has 10 heteroatoms. The first kappa shape index (κ1) is 21.5. The smallest absolute Gasteiger partial charge is 0.269 e. The van der Waals surface area contributed by atoms with E-state index in [1.54, 1.807) is 42.5 Å². The number of para-hydroxylation sites is 2. The number of nitrogens with one attached hydrogen (secondary N) is 3. The molecular weight excluding hydrogens is 450 g/mol. The number of benzene rings is 2. The molecule has 0 aliphatic heterocycles. The molecule has 0 atom stereocenters. The number of carbonyl (C=O) groups is 2. The van der Waals surface area contributed by atoms with Gasteiger partial charge in [0, 0.05) is 5.56 Å².